The maximum Gasteiger partial charge on any atom is 0.340 e. The predicted octanol–water partition coefficient (Wildman–Crippen LogP) is 2.14. The summed E-state index contributed by atoms with van der Waals surface area (Å²) in [6, 6.07) is 12.6. The molecular formula is C21H22BrN3O6S2. The number of rotatable bonds is 8. The van der Waals surface area contributed by atoms with Gasteiger partial charge in [0, 0.05) is 11.0 Å². The summed E-state index contributed by atoms with van der Waals surface area (Å²) in [5.41, 5.74) is -0.0782. The van der Waals surface area contributed by atoms with Crippen LogP contribution in [0.1, 0.15) is 17.3 Å². The number of para-hydroxylation sites is 1. The molecule has 1 saturated heterocycles. The van der Waals surface area contributed by atoms with E-state index in [9.17, 15) is 22.8 Å². The van der Waals surface area contributed by atoms with E-state index in [1.807, 2.05) is 0 Å². The van der Waals surface area contributed by atoms with Gasteiger partial charge >= 0.3 is 5.97 Å². The molecule has 176 valence electrons. The van der Waals surface area contributed by atoms with Crippen LogP contribution in [0.4, 0.5) is 5.69 Å². The molecule has 2 atom stereocenters. The van der Waals surface area contributed by atoms with E-state index in [4.69, 9.17) is 4.74 Å². The zero-order valence-electron chi connectivity index (χ0n) is 17.5. The lowest BCUT2D eigenvalue weighted by Gasteiger charge is -2.29. The van der Waals surface area contributed by atoms with Crippen LogP contribution >= 0.6 is 27.7 Å². The van der Waals surface area contributed by atoms with Gasteiger partial charge in [-0.1, -0.05) is 28.1 Å². The standard InChI is InChI=1S/C21H22BrN3O6S2/c1-2-31-20(28)15-5-3-4-6-16(15)24-18(26)12-32-21-23-11-17(19(27)25-21)33(29,30)14-9-7-13(22)8-10-14/h3-10,17,21,23H,2,11-12H2,1H3,(H,24,26)(H,25,27). The van der Waals surface area contributed by atoms with Crippen molar-refractivity contribution in [2.45, 2.75) is 22.6 Å². The number of hydrogen-bond donors (Lipinski definition) is 3. The number of anilines is 1. The molecule has 0 saturated carbocycles. The van der Waals surface area contributed by atoms with Crippen LogP contribution in [0.2, 0.25) is 0 Å². The molecular weight excluding hydrogens is 534 g/mol. The quantitative estimate of drug-likeness (QED) is 0.422. The molecule has 0 aromatic heterocycles. The number of thioether (sulfide) groups is 1. The van der Waals surface area contributed by atoms with E-state index in [0.29, 0.717) is 5.69 Å². The number of halogens is 1. The first-order valence-corrected chi connectivity index (χ1v) is 13.3. The van der Waals surface area contributed by atoms with Crippen molar-refractivity contribution < 1.29 is 27.5 Å². The number of benzene rings is 2. The Balaban J connectivity index is 1.55. The molecule has 33 heavy (non-hydrogen) atoms. The summed E-state index contributed by atoms with van der Waals surface area (Å²) >= 11 is 4.34. The van der Waals surface area contributed by atoms with E-state index in [1.165, 1.54) is 12.1 Å². The van der Waals surface area contributed by atoms with Gasteiger partial charge in [0.05, 0.1) is 28.5 Å². The molecule has 1 heterocycles. The first kappa shape index (κ1) is 25.2. The molecule has 2 aromatic rings. The summed E-state index contributed by atoms with van der Waals surface area (Å²) in [6.45, 7) is 1.81. The Morgan fingerprint density at radius 1 is 1.18 bits per heavy atom. The zero-order valence-corrected chi connectivity index (χ0v) is 20.8. The van der Waals surface area contributed by atoms with Crippen LogP contribution in [-0.4, -0.2) is 55.9 Å². The van der Waals surface area contributed by atoms with Gasteiger partial charge in [-0.05, 0) is 43.3 Å². The highest BCUT2D eigenvalue weighted by molar-refractivity contribution is 9.10. The van der Waals surface area contributed by atoms with Crippen LogP contribution in [0.15, 0.2) is 57.9 Å². The van der Waals surface area contributed by atoms with Gasteiger partial charge in [-0.3, -0.25) is 14.9 Å². The minimum atomic E-state index is -3.87. The number of hydrogen-bond acceptors (Lipinski definition) is 8. The van der Waals surface area contributed by atoms with Crippen molar-refractivity contribution in [1.29, 1.82) is 0 Å². The highest BCUT2D eigenvalue weighted by Gasteiger charge is 2.38. The molecule has 1 aliphatic heterocycles. The lowest BCUT2D eigenvalue weighted by Crippen LogP contribution is -2.59. The molecule has 2 amide bonds. The van der Waals surface area contributed by atoms with Gasteiger partial charge in [0.25, 0.3) is 0 Å². The smallest absolute Gasteiger partial charge is 0.340 e. The summed E-state index contributed by atoms with van der Waals surface area (Å²) in [6.07, 6.45) is 0. The summed E-state index contributed by atoms with van der Waals surface area (Å²) in [5, 5.41) is 6.91. The number of ether oxygens (including phenoxy) is 1. The zero-order chi connectivity index (χ0) is 24.0. The summed E-state index contributed by atoms with van der Waals surface area (Å²) < 4.78 is 31.3. The monoisotopic (exact) mass is 555 g/mol. The SMILES string of the molecule is CCOC(=O)c1ccccc1NC(=O)CSC1NCC(S(=O)(=O)c2ccc(Br)cc2)C(=O)N1. The number of amides is 2. The van der Waals surface area contributed by atoms with Crippen molar-refractivity contribution in [2.75, 3.05) is 24.2 Å². The fourth-order valence-corrected chi connectivity index (χ4v) is 5.62. The van der Waals surface area contributed by atoms with Crippen LogP contribution in [0, 0.1) is 0 Å². The molecule has 9 nitrogen and oxygen atoms in total. The van der Waals surface area contributed by atoms with Crippen molar-refractivity contribution in [1.82, 2.24) is 10.6 Å². The average molecular weight is 556 g/mol. The van der Waals surface area contributed by atoms with Crippen LogP contribution < -0.4 is 16.0 Å². The Morgan fingerprint density at radius 3 is 2.55 bits per heavy atom. The largest absolute Gasteiger partial charge is 0.462 e. The van der Waals surface area contributed by atoms with Crippen molar-refractivity contribution in [3.05, 3.63) is 58.6 Å². The Labute approximate surface area is 204 Å². The molecule has 0 bridgehead atoms. The third kappa shape index (κ3) is 6.34. The minimum Gasteiger partial charge on any atom is -0.462 e. The first-order chi connectivity index (χ1) is 15.7. The second-order valence-electron chi connectivity index (χ2n) is 6.91. The maximum atomic E-state index is 12.8. The number of esters is 1. The van der Waals surface area contributed by atoms with Gasteiger partial charge in [0.2, 0.25) is 11.8 Å². The van der Waals surface area contributed by atoms with E-state index in [-0.39, 0.29) is 29.4 Å². The van der Waals surface area contributed by atoms with Crippen molar-refractivity contribution >= 4 is 61.0 Å². The Bertz CT molecular complexity index is 1140. The topological polar surface area (TPSA) is 131 Å². The number of carbonyl (C=O) groups is 3. The molecule has 0 radical (unpaired) electrons. The number of sulfone groups is 1. The first-order valence-electron chi connectivity index (χ1n) is 9.93. The van der Waals surface area contributed by atoms with E-state index >= 15 is 0 Å². The fraction of sp³-hybridized carbons (Fsp3) is 0.286. The van der Waals surface area contributed by atoms with Gasteiger partial charge in [0.1, 0.15) is 5.50 Å². The molecule has 12 heteroatoms. The van der Waals surface area contributed by atoms with Crippen LogP contribution in [0.25, 0.3) is 0 Å². The summed E-state index contributed by atoms with van der Waals surface area (Å²) in [4.78, 5) is 37.0. The van der Waals surface area contributed by atoms with E-state index in [2.05, 4.69) is 31.9 Å². The summed E-state index contributed by atoms with van der Waals surface area (Å²) in [5.74, 6) is -1.61. The lowest BCUT2D eigenvalue weighted by atomic mass is 10.2. The molecule has 0 aliphatic carbocycles. The van der Waals surface area contributed by atoms with Gasteiger partial charge in [-0.15, -0.1) is 11.8 Å². The molecule has 3 N–H and O–H groups in total. The minimum absolute atomic E-state index is 0.0424. The summed E-state index contributed by atoms with van der Waals surface area (Å²) in [7, 11) is -3.87. The molecule has 3 rings (SSSR count). The second-order valence-corrected chi connectivity index (χ2v) is 11.0. The fourth-order valence-electron chi connectivity index (χ4n) is 3.04. The molecule has 1 fully saturated rings. The third-order valence-corrected chi connectivity index (χ3v) is 8.28. The highest BCUT2D eigenvalue weighted by Crippen LogP contribution is 2.22. The van der Waals surface area contributed by atoms with Crippen molar-refractivity contribution in [3.8, 4) is 0 Å². The number of nitrogens with one attached hydrogen (secondary N) is 3. The molecule has 1 aliphatic rings. The Hall–Kier alpha value is -2.41. The maximum absolute atomic E-state index is 12.8. The lowest BCUT2D eigenvalue weighted by molar-refractivity contribution is -0.122. The van der Waals surface area contributed by atoms with Crippen LogP contribution in [0.3, 0.4) is 0 Å². The Morgan fingerprint density at radius 2 is 1.88 bits per heavy atom. The van der Waals surface area contributed by atoms with E-state index in [0.717, 1.165) is 16.2 Å². The molecule has 2 unspecified atom stereocenters. The predicted molar refractivity (Wildman–Crippen MR) is 129 cm³/mol. The second kappa shape index (κ2) is 11.1. The highest BCUT2D eigenvalue weighted by atomic mass is 79.9. The van der Waals surface area contributed by atoms with Crippen molar-refractivity contribution in [2.24, 2.45) is 0 Å². The van der Waals surface area contributed by atoms with Crippen LogP contribution in [-0.2, 0) is 24.2 Å². The normalized spacial score (nSPS) is 18.3. The van der Waals surface area contributed by atoms with Gasteiger partial charge in [-0.2, -0.15) is 0 Å². The van der Waals surface area contributed by atoms with Crippen molar-refractivity contribution in [3.63, 3.8) is 0 Å². The van der Waals surface area contributed by atoms with Gasteiger partial charge in [0.15, 0.2) is 15.1 Å². The average Bonchev–Trinajstić information content (AvgIpc) is 2.78. The van der Waals surface area contributed by atoms with E-state index < -0.39 is 38.4 Å². The van der Waals surface area contributed by atoms with Crippen LogP contribution in [0.5, 0.6) is 0 Å². The van der Waals surface area contributed by atoms with E-state index in [1.54, 1.807) is 43.3 Å². The molecule has 0 spiro atoms. The Kier molecular flexibility index (Phi) is 8.51. The molecule has 2 aromatic carbocycles. The van der Waals surface area contributed by atoms with Gasteiger partial charge < -0.3 is 15.4 Å². The number of carbonyl (C=O) groups excluding carboxylic acids is 3. The van der Waals surface area contributed by atoms with Gasteiger partial charge in [-0.25, -0.2) is 13.2 Å². The third-order valence-electron chi connectivity index (χ3n) is 4.65.